The number of anilines is 1. The van der Waals surface area contributed by atoms with Gasteiger partial charge in [-0.1, -0.05) is 24.3 Å². The first kappa shape index (κ1) is 18.7. The van der Waals surface area contributed by atoms with Gasteiger partial charge in [0.25, 0.3) is 0 Å². The molecule has 3 rings (SSSR count). The number of piperidine rings is 1. The lowest BCUT2D eigenvalue weighted by atomic mass is 9.97. The van der Waals surface area contributed by atoms with Crippen molar-refractivity contribution in [3.05, 3.63) is 54.2 Å². The van der Waals surface area contributed by atoms with Crippen LogP contribution in [0.15, 0.2) is 48.7 Å². The molecule has 0 radical (unpaired) electrons. The molecule has 7 heteroatoms. The number of urea groups is 1. The number of rotatable bonds is 5. The number of benzene rings is 1. The first-order valence-electron chi connectivity index (χ1n) is 9.03. The fourth-order valence-electron chi connectivity index (χ4n) is 3.07. The second kappa shape index (κ2) is 9.02. The van der Waals surface area contributed by atoms with Crippen LogP contribution >= 0.6 is 0 Å². The summed E-state index contributed by atoms with van der Waals surface area (Å²) < 4.78 is 5.02. The molecule has 142 valence electrons. The van der Waals surface area contributed by atoms with Crippen LogP contribution in [-0.2, 0) is 11.3 Å². The number of methoxy groups -OCH3 is 1. The minimum Gasteiger partial charge on any atom is -0.481 e. The zero-order valence-electron chi connectivity index (χ0n) is 15.4. The highest BCUT2D eigenvalue weighted by atomic mass is 16.5. The van der Waals surface area contributed by atoms with E-state index < -0.39 is 0 Å². The van der Waals surface area contributed by atoms with Crippen molar-refractivity contribution in [3.63, 3.8) is 0 Å². The quantitative estimate of drug-likeness (QED) is 0.850. The molecule has 0 spiro atoms. The van der Waals surface area contributed by atoms with Crippen LogP contribution in [-0.4, -0.2) is 42.0 Å². The van der Waals surface area contributed by atoms with Crippen molar-refractivity contribution in [1.82, 2.24) is 15.2 Å². The van der Waals surface area contributed by atoms with Gasteiger partial charge in [-0.05, 0) is 30.5 Å². The van der Waals surface area contributed by atoms with Crippen molar-refractivity contribution in [2.75, 3.05) is 25.5 Å². The van der Waals surface area contributed by atoms with E-state index in [1.165, 1.54) is 0 Å². The molecule has 1 atom stereocenters. The summed E-state index contributed by atoms with van der Waals surface area (Å²) >= 11 is 0. The number of para-hydroxylation sites is 1. The van der Waals surface area contributed by atoms with Crippen LogP contribution in [0.3, 0.4) is 0 Å². The number of carbonyl (C=O) groups is 2. The van der Waals surface area contributed by atoms with Crippen molar-refractivity contribution >= 4 is 17.6 Å². The lowest BCUT2D eigenvalue weighted by Crippen LogP contribution is -2.46. The van der Waals surface area contributed by atoms with E-state index >= 15 is 0 Å². The van der Waals surface area contributed by atoms with Gasteiger partial charge in [0.15, 0.2) is 0 Å². The lowest BCUT2D eigenvalue weighted by Gasteiger charge is -2.32. The zero-order chi connectivity index (χ0) is 19.1. The Labute approximate surface area is 158 Å². The van der Waals surface area contributed by atoms with Crippen LogP contribution in [0.1, 0.15) is 18.4 Å². The Balaban J connectivity index is 1.50. The number of pyridine rings is 1. The molecule has 1 aliphatic rings. The Morgan fingerprint density at radius 1 is 1.22 bits per heavy atom. The predicted molar refractivity (Wildman–Crippen MR) is 102 cm³/mol. The van der Waals surface area contributed by atoms with Crippen molar-refractivity contribution in [1.29, 1.82) is 0 Å². The molecule has 1 unspecified atom stereocenters. The average molecular weight is 368 g/mol. The molecule has 2 aromatic rings. The van der Waals surface area contributed by atoms with Crippen LogP contribution in [0.25, 0.3) is 0 Å². The summed E-state index contributed by atoms with van der Waals surface area (Å²) in [4.78, 5) is 30.8. The van der Waals surface area contributed by atoms with Gasteiger partial charge in [0.2, 0.25) is 11.8 Å². The summed E-state index contributed by atoms with van der Waals surface area (Å²) in [5, 5.41) is 5.81. The zero-order valence-corrected chi connectivity index (χ0v) is 15.4. The van der Waals surface area contributed by atoms with Crippen molar-refractivity contribution in [2.45, 2.75) is 19.4 Å². The number of likely N-dealkylation sites (tertiary alicyclic amines) is 1. The largest absolute Gasteiger partial charge is 0.481 e. The minimum absolute atomic E-state index is 0.0389. The van der Waals surface area contributed by atoms with Crippen LogP contribution < -0.4 is 15.4 Å². The highest BCUT2D eigenvalue weighted by molar-refractivity contribution is 5.90. The number of hydrogen-bond donors (Lipinski definition) is 2. The Morgan fingerprint density at radius 2 is 2.04 bits per heavy atom. The third kappa shape index (κ3) is 5.20. The Morgan fingerprint density at radius 3 is 2.74 bits per heavy atom. The molecular formula is C20H24N4O3. The van der Waals surface area contributed by atoms with Gasteiger partial charge >= 0.3 is 6.03 Å². The first-order chi connectivity index (χ1) is 13.2. The normalized spacial score (nSPS) is 16.5. The van der Waals surface area contributed by atoms with Gasteiger partial charge in [-0.3, -0.25) is 4.79 Å². The van der Waals surface area contributed by atoms with Gasteiger partial charge in [-0.15, -0.1) is 0 Å². The molecule has 1 aromatic carbocycles. The number of amides is 3. The van der Waals surface area contributed by atoms with E-state index in [1.807, 2.05) is 36.4 Å². The van der Waals surface area contributed by atoms with Gasteiger partial charge in [-0.2, -0.15) is 0 Å². The van der Waals surface area contributed by atoms with E-state index in [1.54, 1.807) is 24.3 Å². The molecule has 0 saturated carbocycles. The fourth-order valence-corrected chi connectivity index (χ4v) is 3.07. The summed E-state index contributed by atoms with van der Waals surface area (Å²) in [6, 6.07) is 12.8. The van der Waals surface area contributed by atoms with Crippen molar-refractivity contribution < 1.29 is 14.3 Å². The average Bonchev–Trinajstić information content (AvgIpc) is 2.73. The van der Waals surface area contributed by atoms with Crippen LogP contribution in [0, 0.1) is 5.92 Å². The van der Waals surface area contributed by atoms with E-state index in [2.05, 4.69) is 15.6 Å². The lowest BCUT2D eigenvalue weighted by molar-refractivity contribution is -0.126. The van der Waals surface area contributed by atoms with Gasteiger partial charge in [-0.25, -0.2) is 9.78 Å². The predicted octanol–water partition coefficient (Wildman–Crippen LogP) is 2.65. The molecule has 1 fully saturated rings. The van der Waals surface area contributed by atoms with Crippen molar-refractivity contribution in [3.8, 4) is 5.88 Å². The molecule has 0 aliphatic carbocycles. The first-order valence-corrected chi connectivity index (χ1v) is 9.03. The smallest absolute Gasteiger partial charge is 0.321 e. The highest BCUT2D eigenvalue weighted by Gasteiger charge is 2.28. The molecule has 27 heavy (non-hydrogen) atoms. The van der Waals surface area contributed by atoms with E-state index in [9.17, 15) is 9.59 Å². The molecule has 2 heterocycles. The molecule has 3 amide bonds. The van der Waals surface area contributed by atoms with E-state index in [4.69, 9.17) is 4.74 Å². The third-order valence-corrected chi connectivity index (χ3v) is 4.58. The molecular weight excluding hydrogens is 344 g/mol. The third-order valence-electron chi connectivity index (χ3n) is 4.58. The minimum atomic E-state index is -0.202. The topological polar surface area (TPSA) is 83.6 Å². The number of hydrogen-bond acceptors (Lipinski definition) is 4. The van der Waals surface area contributed by atoms with Crippen molar-refractivity contribution in [2.24, 2.45) is 5.92 Å². The molecule has 1 saturated heterocycles. The standard InChI is InChI=1S/C20H24N4O3/c1-27-18-10-9-15(12-21-18)13-22-19(25)16-6-5-11-24(14-16)20(26)23-17-7-3-2-4-8-17/h2-4,7-10,12,16H,5-6,11,13-14H2,1H3,(H,22,25)(H,23,26). The SMILES string of the molecule is COc1ccc(CNC(=O)C2CCCN(C(=O)Nc3ccccc3)C2)cn1. The second-order valence-electron chi connectivity index (χ2n) is 6.51. The second-order valence-corrected chi connectivity index (χ2v) is 6.51. The summed E-state index contributed by atoms with van der Waals surface area (Å²) in [5.41, 5.74) is 1.65. The molecule has 7 nitrogen and oxygen atoms in total. The van der Waals surface area contributed by atoms with Gasteiger partial charge in [0, 0.05) is 37.6 Å². The fraction of sp³-hybridized carbons (Fsp3) is 0.350. The van der Waals surface area contributed by atoms with Crippen LogP contribution in [0.2, 0.25) is 0 Å². The Kier molecular flexibility index (Phi) is 6.25. The molecule has 0 bridgehead atoms. The number of aromatic nitrogens is 1. The maximum absolute atomic E-state index is 12.5. The van der Waals surface area contributed by atoms with Gasteiger partial charge < -0.3 is 20.3 Å². The summed E-state index contributed by atoms with van der Waals surface area (Å²) in [5.74, 6) is 0.298. The maximum Gasteiger partial charge on any atom is 0.321 e. The molecule has 2 N–H and O–H groups in total. The van der Waals surface area contributed by atoms with Gasteiger partial charge in [0.05, 0.1) is 13.0 Å². The summed E-state index contributed by atoms with van der Waals surface area (Å²) in [6.07, 6.45) is 3.27. The Bertz CT molecular complexity index is 765. The van der Waals surface area contributed by atoms with E-state index in [0.29, 0.717) is 25.5 Å². The van der Waals surface area contributed by atoms with Crippen LogP contribution in [0.4, 0.5) is 10.5 Å². The van der Waals surface area contributed by atoms with E-state index in [-0.39, 0.29) is 17.9 Å². The molecule has 1 aromatic heterocycles. The summed E-state index contributed by atoms with van der Waals surface area (Å²) in [7, 11) is 1.56. The van der Waals surface area contributed by atoms with Crippen LogP contribution in [0.5, 0.6) is 5.88 Å². The molecule has 1 aliphatic heterocycles. The number of nitrogens with one attached hydrogen (secondary N) is 2. The number of nitrogens with zero attached hydrogens (tertiary/aromatic N) is 2. The monoisotopic (exact) mass is 368 g/mol. The van der Waals surface area contributed by atoms with E-state index in [0.717, 1.165) is 24.1 Å². The van der Waals surface area contributed by atoms with Gasteiger partial charge in [0.1, 0.15) is 0 Å². The highest BCUT2D eigenvalue weighted by Crippen LogP contribution is 2.18. The number of carbonyl (C=O) groups excluding carboxylic acids is 2. The Hall–Kier alpha value is -3.09. The maximum atomic E-state index is 12.5. The number of ether oxygens (including phenoxy) is 1. The summed E-state index contributed by atoms with van der Waals surface area (Å²) in [6.45, 7) is 1.48.